The maximum absolute atomic E-state index is 3.67. The topological polar surface area (TPSA) is 12.0 Å². The van der Waals surface area contributed by atoms with Gasteiger partial charge in [0.05, 0.1) is 0 Å². The molecule has 3 fully saturated rings. The first-order chi connectivity index (χ1) is 5.87. The zero-order valence-electron chi connectivity index (χ0n) is 7.97. The summed E-state index contributed by atoms with van der Waals surface area (Å²) in [5, 5.41) is 3.67. The van der Waals surface area contributed by atoms with E-state index >= 15 is 0 Å². The van der Waals surface area contributed by atoms with E-state index in [1.807, 2.05) is 0 Å². The molecule has 0 unspecified atom stereocenters. The van der Waals surface area contributed by atoms with Crippen LogP contribution in [0.4, 0.5) is 0 Å². The third-order valence-electron chi connectivity index (χ3n) is 5.00. The van der Waals surface area contributed by atoms with E-state index in [1.54, 1.807) is 12.8 Å². The summed E-state index contributed by atoms with van der Waals surface area (Å²) in [4.78, 5) is 0. The quantitative estimate of drug-likeness (QED) is 0.628. The van der Waals surface area contributed by atoms with Gasteiger partial charge in [0.25, 0.3) is 0 Å². The van der Waals surface area contributed by atoms with Crippen molar-refractivity contribution in [1.82, 2.24) is 5.32 Å². The van der Waals surface area contributed by atoms with Crippen molar-refractivity contribution in [2.24, 2.45) is 17.8 Å². The van der Waals surface area contributed by atoms with Crippen LogP contribution in [0.15, 0.2) is 0 Å². The average molecular weight is 165 g/mol. The van der Waals surface area contributed by atoms with E-state index in [1.165, 1.54) is 25.7 Å². The normalized spacial score (nSPS) is 56.2. The minimum Gasteiger partial charge on any atom is -0.314 e. The van der Waals surface area contributed by atoms with Crippen molar-refractivity contribution in [2.45, 2.75) is 44.1 Å². The highest BCUT2D eigenvalue weighted by atomic mass is 15.0. The Kier molecular flexibility index (Phi) is 1.39. The predicted octanol–water partition coefficient (Wildman–Crippen LogP) is 2.17. The summed E-state index contributed by atoms with van der Waals surface area (Å²) in [6, 6.07) is 0. The summed E-state index contributed by atoms with van der Waals surface area (Å²) in [5.41, 5.74) is 0.614. The lowest BCUT2D eigenvalue weighted by atomic mass is 9.75. The highest BCUT2D eigenvalue weighted by Gasteiger charge is 2.58. The van der Waals surface area contributed by atoms with Gasteiger partial charge >= 0.3 is 0 Å². The van der Waals surface area contributed by atoms with Gasteiger partial charge < -0.3 is 5.32 Å². The minimum atomic E-state index is 0.614. The van der Waals surface area contributed by atoms with Crippen LogP contribution in [0, 0.1) is 17.8 Å². The van der Waals surface area contributed by atoms with E-state index in [9.17, 15) is 0 Å². The fourth-order valence-electron chi connectivity index (χ4n) is 4.58. The number of fused-ring (bicyclic) bond motifs is 5. The lowest BCUT2D eigenvalue weighted by molar-refractivity contribution is 0.170. The van der Waals surface area contributed by atoms with E-state index in [0.717, 1.165) is 17.8 Å². The standard InChI is InChI=1S/C11H19N/c1-12-11-6-2-3-10(11)8-4-5-9(11)7-8/h8-10,12H,2-7H2,1H3/t8-,9-,10-,11-/m1/s1. The Labute approximate surface area is 74.9 Å². The molecule has 2 bridgehead atoms. The lowest BCUT2D eigenvalue weighted by Crippen LogP contribution is -2.50. The van der Waals surface area contributed by atoms with Gasteiger partial charge in [-0.1, -0.05) is 6.42 Å². The SMILES string of the molecule is CN[C@@]12CCC[C@@H]1[C@@H]1CC[C@@H]2C1. The molecule has 4 atom stereocenters. The van der Waals surface area contributed by atoms with Crippen LogP contribution in [-0.2, 0) is 0 Å². The van der Waals surface area contributed by atoms with Crippen LogP contribution in [0.5, 0.6) is 0 Å². The molecule has 12 heavy (non-hydrogen) atoms. The average Bonchev–Trinajstić information content (AvgIpc) is 2.76. The van der Waals surface area contributed by atoms with E-state index in [0.29, 0.717) is 5.54 Å². The second-order valence-corrected chi connectivity index (χ2v) is 5.06. The Hall–Kier alpha value is -0.0400. The second kappa shape index (κ2) is 2.25. The maximum Gasteiger partial charge on any atom is 0.0237 e. The zero-order valence-corrected chi connectivity index (χ0v) is 7.97. The van der Waals surface area contributed by atoms with Gasteiger partial charge in [0.1, 0.15) is 0 Å². The highest BCUT2D eigenvalue weighted by molar-refractivity contribution is 5.13. The van der Waals surface area contributed by atoms with Gasteiger partial charge in [-0.3, -0.25) is 0 Å². The molecule has 0 amide bonds. The van der Waals surface area contributed by atoms with Crippen LogP contribution in [0.25, 0.3) is 0 Å². The Morgan fingerprint density at radius 1 is 1.25 bits per heavy atom. The molecule has 0 saturated heterocycles. The molecule has 0 spiro atoms. The Morgan fingerprint density at radius 3 is 2.92 bits per heavy atom. The summed E-state index contributed by atoms with van der Waals surface area (Å²) in [5.74, 6) is 3.20. The molecule has 0 radical (unpaired) electrons. The van der Waals surface area contributed by atoms with E-state index in [4.69, 9.17) is 0 Å². The van der Waals surface area contributed by atoms with E-state index in [-0.39, 0.29) is 0 Å². The maximum atomic E-state index is 3.67. The van der Waals surface area contributed by atoms with Crippen molar-refractivity contribution < 1.29 is 0 Å². The molecule has 0 aliphatic heterocycles. The molecule has 1 N–H and O–H groups in total. The first-order valence-corrected chi connectivity index (χ1v) is 5.56. The van der Waals surface area contributed by atoms with Gasteiger partial charge in [-0.25, -0.2) is 0 Å². The molecule has 0 aromatic carbocycles. The highest BCUT2D eigenvalue weighted by Crippen LogP contribution is 2.60. The molecule has 0 aromatic heterocycles. The summed E-state index contributed by atoms with van der Waals surface area (Å²) in [6.07, 6.45) is 9.07. The van der Waals surface area contributed by atoms with Crippen molar-refractivity contribution in [3.63, 3.8) is 0 Å². The van der Waals surface area contributed by atoms with Crippen molar-refractivity contribution in [3.05, 3.63) is 0 Å². The molecule has 1 heteroatoms. The largest absolute Gasteiger partial charge is 0.314 e. The van der Waals surface area contributed by atoms with Gasteiger partial charge in [-0.15, -0.1) is 0 Å². The minimum absolute atomic E-state index is 0.614. The molecule has 68 valence electrons. The van der Waals surface area contributed by atoms with Crippen LogP contribution >= 0.6 is 0 Å². The number of nitrogens with one attached hydrogen (secondary N) is 1. The molecular weight excluding hydrogens is 146 g/mol. The molecule has 3 rings (SSSR count). The fourth-order valence-corrected chi connectivity index (χ4v) is 4.58. The van der Waals surface area contributed by atoms with Gasteiger partial charge in [0.15, 0.2) is 0 Å². The van der Waals surface area contributed by atoms with Crippen LogP contribution in [0.3, 0.4) is 0 Å². The molecule has 0 aromatic rings. The van der Waals surface area contributed by atoms with Crippen LogP contribution < -0.4 is 5.32 Å². The Bertz CT molecular complexity index is 201. The van der Waals surface area contributed by atoms with E-state index in [2.05, 4.69) is 12.4 Å². The van der Waals surface area contributed by atoms with Crippen molar-refractivity contribution in [3.8, 4) is 0 Å². The zero-order chi connectivity index (χ0) is 8.18. The van der Waals surface area contributed by atoms with Gasteiger partial charge in [-0.2, -0.15) is 0 Å². The number of rotatable bonds is 1. The smallest absolute Gasteiger partial charge is 0.0237 e. The molecule has 3 aliphatic carbocycles. The van der Waals surface area contributed by atoms with Crippen LogP contribution in [0.1, 0.15) is 38.5 Å². The molecular formula is C11H19N. The first-order valence-electron chi connectivity index (χ1n) is 5.56. The van der Waals surface area contributed by atoms with Gasteiger partial charge in [0.2, 0.25) is 0 Å². The Morgan fingerprint density at radius 2 is 2.17 bits per heavy atom. The van der Waals surface area contributed by atoms with Gasteiger partial charge in [-0.05, 0) is 56.9 Å². The Balaban J connectivity index is 1.98. The van der Waals surface area contributed by atoms with Gasteiger partial charge in [0, 0.05) is 5.54 Å². The number of hydrogen-bond acceptors (Lipinski definition) is 1. The number of hydrogen-bond donors (Lipinski definition) is 1. The summed E-state index contributed by atoms with van der Waals surface area (Å²) >= 11 is 0. The summed E-state index contributed by atoms with van der Waals surface area (Å²) < 4.78 is 0. The molecule has 3 saturated carbocycles. The lowest BCUT2D eigenvalue weighted by Gasteiger charge is -2.39. The third-order valence-corrected chi connectivity index (χ3v) is 5.00. The van der Waals surface area contributed by atoms with Crippen molar-refractivity contribution in [2.75, 3.05) is 7.05 Å². The second-order valence-electron chi connectivity index (χ2n) is 5.06. The van der Waals surface area contributed by atoms with Crippen LogP contribution in [-0.4, -0.2) is 12.6 Å². The summed E-state index contributed by atoms with van der Waals surface area (Å²) in [6.45, 7) is 0. The molecule has 1 nitrogen and oxygen atoms in total. The third kappa shape index (κ3) is 0.654. The van der Waals surface area contributed by atoms with Crippen molar-refractivity contribution in [1.29, 1.82) is 0 Å². The van der Waals surface area contributed by atoms with E-state index < -0.39 is 0 Å². The van der Waals surface area contributed by atoms with Crippen molar-refractivity contribution >= 4 is 0 Å². The first kappa shape index (κ1) is 7.37. The molecule has 0 heterocycles. The monoisotopic (exact) mass is 165 g/mol. The van der Waals surface area contributed by atoms with Crippen LogP contribution in [0.2, 0.25) is 0 Å². The fraction of sp³-hybridized carbons (Fsp3) is 1.00. The summed E-state index contributed by atoms with van der Waals surface area (Å²) in [7, 11) is 2.19. The molecule has 3 aliphatic rings. The predicted molar refractivity (Wildman–Crippen MR) is 50.0 cm³/mol.